The fourth-order valence-electron chi connectivity index (χ4n) is 3.08. The van der Waals surface area contributed by atoms with Gasteiger partial charge in [0.05, 0.1) is 13.8 Å². The highest BCUT2D eigenvalue weighted by Crippen LogP contribution is 2.30. The number of hydrogen-bond acceptors (Lipinski definition) is 5. The van der Waals surface area contributed by atoms with Crippen LogP contribution in [0.4, 0.5) is 0 Å². The van der Waals surface area contributed by atoms with Crippen LogP contribution in [0.2, 0.25) is 0 Å². The first-order valence-corrected chi connectivity index (χ1v) is 9.99. The Balaban J connectivity index is 1.59. The van der Waals surface area contributed by atoms with E-state index in [9.17, 15) is 0 Å². The summed E-state index contributed by atoms with van der Waals surface area (Å²) >= 11 is 7.46. The molecule has 0 spiro atoms. The normalized spacial score (nSPS) is 14.1. The van der Waals surface area contributed by atoms with Crippen LogP contribution < -0.4 is 4.74 Å². The number of hydrogen-bond donors (Lipinski definition) is 0. The van der Waals surface area contributed by atoms with Gasteiger partial charge in [-0.15, -0.1) is 11.3 Å². The molecule has 0 bridgehead atoms. The lowest BCUT2D eigenvalue weighted by molar-refractivity contribution is 0.188. The van der Waals surface area contributed by atoms with Crippen molar-refractivity contribution in [3.05, 3.63) is 51.4 Å². The molecule has 1 saturated carbocycles. The molecule has 0 unspecified atom stereocenters. The van der Waals surface area contributed by atoms with Crippen molar-refractivity contribution in [2.75, 3.05) is 7.11 Å². The van der Waals surface area contributed by atoms with Crippen LogP contribution in [0.25, 0.3) is 11.4 Å². The number of rotatable bonds is 7. The van der Waals surface area contributed by atoms with Gasteiger partial charge in [0.25, 0.3) is 0 Å². The van der Waals surface area contributed by atoms with E-state index < -0.39 is 0 Å². The molecule has 0 atom stereocenters. The van der Waals surface area contributed by atoms with E-state index in [2.05, 4.69) is 22.4 Å². The highest BCUT2D eigenvalue weighted by Gasteiger charge is 2.30. The van der Waals surface area contributed by atoms with E-state index in [1.165, 1.54) is 17.7 Å². The molecule has 0 N–H and O–H groups in total. The van der Waals surface area contributed by atoms with Gasteiger partial charge in [-0.05, 0) is 60.8 Å². The second-order valence-corrected chi connectivity index (χ2v) is 7.99. The molecule has 5 nitrogen and oxygen atoms in total. The fourth-order valence-corrected chi connectivity index (χ4v) is 3.99. The van der Waals surface area contributed by atoms with Gasteiger partial charge in [-0.2, -0.15) is 5.10 Å². The number of benzene rings is 1. The second kappa shape index (κ2) is 7.34. The van der Waals surface area contributed by atoms with Gasteiger partial charge in [-0.25, -0.2) is 4.68 Å². The third kappa shape index (κ3) is 3.60. The number of nitrogens with zero attached hydrogens (tertiary/aromatic N) is 4. The van der Waals surface area contributed by atoms with Crippen molar-refractivity contribution in [1.29, 1.82) is 0 Å². The van der Waals surface area contributed by atoms with Gasteiger partial charge in [0, 0.05) is 30.1 Å². The zero-order valence-electron chi connectivity index (χ0n) is 15.0. The Bertz CT molecular complexity index is 924. The maximum atomic E-state index is 5.65. The Hall–Kier alpha value is -1.96. The van der Waals surface area contributed by atoms with Gasteiger partial charge in [0.1, 0.15) is 5.75 Å². The molecule has 26 heavy (non-hydrogen) atoms. The first kappa shape index (κ1) is 17.5. The van der Waals surface area contributed by atoms with Crippen LogP contribution in [0.3, 0.4) is 0 Å². The average Bonchev–Trinajstić information content (AvgIpc) is 3.32. The van der Waals surface area contributed by atoms with E-state index in [1.54, 1.807) is 18.4 Å². The van der Waals surface area contributed by atoms with E-state index in [0.717, 1.165) is 35.1 Å². The molecule has 1 fully saturated rings. The van der Waals surface area contributed by atoms with E-state index in [1.807, 2.05) is 40.6 Å². The zero-order chi connectivity index (χ0) is 18.1. The molecule has 0 amide bonds. The molecule has 2 aromatic heterocycles. The summed E-state index contributed by atoms with van der Waals surface area (Å²) in [6, 6.07) is 12.9. The predicted octanol–water partition coefficient (Wildman–Crippen LogP) is 4.31. The SMILES string of the molecule is COc1ccc(-c2nn(CN(Cc3cccs3)C3CC3)c(=S)n2C)cc1. The molecule has 136 valence electrons. The Morgan fingerprint density at radius 2 is 2.04 bits per heavy atom. The molecule has 0 radical (unpaired) electrons. The molecular formula is C19H22N4OS2. The van der Waals surface area contributed by atoms with Crippen LogP contribution in [-0.4, -0.2) is 32.4 Å². The molecule has 0 saturated heterocycles. The van der Waals surface area contributed by atoms with Crippen LogP contribution in [-0.2, 0) is 20.3 Å². The van der Waals surface area contributed by atoms with Crippen LogP contribution >= 0.6 is 23.6 Å². The lowest BCUT2D eigenvalue weighted by Crippen LogP contribution is -2.28. The Labute approximate surface area is 162 Å². The standard InChI is InChI=1S/C19H22N4OS2/c1-21-18(14-5-9-16(24-2)10-6-14)20-23(19(21)25)13-22(15-7-8-15)12-17-4-3-11-26-17/h3-6,9-11,15H,7-8,12-13H2,1-2H3. The predicted molar refractivity (Wildman–Crippen MR) is 107 cm³/mol. The highest BCUT2D eigenvalue weighted by molar-refractivity contribution is 7.71. The summed E-state index contributed by atoms with van der Waals surface area (Å²) in [7, 11) is 3.65. The second-order valence-electron chi connectivity index (χ2n) is 6.59. The maximum absolute atomic E-state index is 5.65. The largest absolute Gasteiger partial charge is 0.497 e. The fraction of sp³-hybridized carbons (Fsp3) is 0.368. The monoisotopic (exact) mass is 386 g/mol. The quantitative estimate of drug-likeness (QED) is 0.567. The molecule has 2 heterocycles. The van der Waals surface area contributed by atoms with Gasteiger partial charge in [0.15, 0.2) is 10.6 Å². The lowest BCUT2D eigenvalue weighted by atomic mass is 10.2. The zero-order valence-corrected chi connectivity index (χ0v) is 16.6. The molecule has 4 rings (SSSR count). The third-order valence-corrected chi connectivity index (χ3v) is 6.05. The van der Waals surface area contributed by atoms with E-state index >= 15 is 0 Å². The van der Waals surface area contributed by atoms with E-state index in [0.29, 0.717) is 6.04 Å². The van der Waals surface area contributed by atoms with E-state index in [-0.39, 0.29) is 0 Å². The molecule has 0 aliphatic heterocycles. The minimum Gasteiger partial charge on any atom is -0.497 e. The first-order chi connectivity index (χ1) is 12.7. The summed E-state index contributed by atoms with van der Waals surface area (Å²) in [6.07, 6.45) is 2.52. The van der Waals surface area contributed by atoms with Crippen molar-refractivity contribution in [2.45, 2.75) is 32.1 Å². The lowest BCUT2D eigenvalue weighted by Gasteiger charge is -2.20. The first-order valence-electron chi connectivity index (χ1n) is 8.70. The Morgan fingerprint density at radius 1 is 1.27 bits per heavy atom. The van der Waals surface area contributed by atoms with Gasteiger partial charge in [-0.1, -0.05) is 6.07 Å². The van der Waals surface area contributed by atoms with Gasteiger partial charge >= 0.3 is 0 Å². The Morgan fingerprint density at radius 3 is 2.65 bits per heavy atom. The molecule has 7 heteroatoms. The number of aromatic nitrogens is 3. The van der Waals surface area contributed by atoms with Crippen molar-refractivity contribution >= 4 is 23.6 Å². The van der Waals surface area contributed by atoms with Crippen LogP contribution in [0, 0.1) is 4.77 Å². The number of methoxy groups -OCH3 is 1. The topological polar surface area (TPSA) is 35.2 Å². The van der Waals surface area contributed by atoms with Crippen molar-refractivity contribution in [3.8, 4) is 17.1 Å². The van der Waals surface area contributed by atoms with E-state index in [4.69, 9.17) is 22.1 Å². The van der Waals surface area contributed by atoms with Crippen molar-refractivity contribution < 1.29 is 4.74 Å². The third-order valence-electron chi connectivity index (χ3n) is 4.71. The highest BCUT2D eigenvalue weighted by atomic mass is 32.1. The van der Waals surface area contributed by atoms with Crippen LogP contribution in [0.5, 0.6) is 5.75 Å². The summed E-state index contributed by atoms with van der Waals surface area (Å²) in [5.41, 5.74) is 1.04. The summed E-state index contributed by atoms with van der Waals surface area (Å²) in [6.45, 7) is 1.68. The summed E-state index contributed by atoms with van der Waals surface area (Å²) < 4.78 is 9.91. The van der Waals surface area contributed by atoms with Crippen molar-refractivity contribution in [1.82, 2.24) is 19.2 Å². The number of ether oxygens (including phenoxy) is 1. The Kier molecular flexibility index (Phi) is 4.93. The van der Waals surface area contributed by atoms with Gasteiger partial charge in [-0.3, -0.25) is 4.90 Å². The summed E-state index contributed by atoms with van der Waals surface area (Å²) in [4.78, 5) is 3.86. The minimum atomic E-state index is 0.644. The molecule has 1 aliphatic rings. The smallest absolute Gasteiger partial charge is 0.199 e. The molecule has 3 aromatic rings. The maximum Gasteiger partial charge on any atom is 0.199 e. The average molecular weight is 387 g/mol. The van der Waals surface area contributed by atoms with Gasteiger partial charge < -0.3 is 9.30 Å². The summed E-state index contributed by atoms with van der Waals surface area (Å²) in [5.74, 6) is 1.72. The van der Waals surface area contributed by atoms with Crippen LogP contribution in [0.15, 0.2) is 41.8 Å². The minimum absolute atomic E-state index is 0.644. The van der Waals surface area contributed by atoms with Gasteiger partial charge in [0.2, 0.25) is 0 Å². The molecule has 1 aliphatic carbocycles. The van der Waals surface area contributed by atoms with Crippen LogP contribution in [0.1, 0.15) is 17.7 Å². The molecule has 1 aromatic carbocycles. The van der Waals surface area contributed by atoms with Crippen molar-refractivity contribution in [2.24, 2.45) is 7.05 Å². The molecular weight excluding hydrogens is 364 g/mol. The summed E-state index contributed by atoms with van der Waals surface area (Å²) in [5, 5.41) is 6.94. The number of thiophene rings is 1. The van der Waals surface area contributed by atoms with Crippen molar-refractivity contribution in [3.63, 3.8) is 0 Å².